The van der Waals surface area contributed by atoms with E-state index >= 15 is 0 Å². The van der Waals surface area contributed by atoms with Gasteiger partial charge in [0.1, 0.15) is 18.5 Å². The lowest BCUT2D eigenvalue weighted by Gasteiger charge is -2.14. The molecule has 0 saturated carbocycles. The maximum atomic E-state index is 12.8. The summed E-state index contributed by atoms with van der Waals surface area (Å²) >= 11 is 0. The highest BCUT2D eigenvalue weighted by Crippen LogP contribution is 2.25. The first kappa shape index (κ1) is 18.3. The van der Waals surface area contributed by atoms with Gasteiger partial charge in [-0.15, -0.1) is 0 Å². The van der Waals surface area contributed by atoms with Crippen LogP contribution in [-0.4, -0.2) is 27.0 Å². The van der Waals surface area contributed by atoms with Crippen LogP contribution in [-0.2, 0) is 13.1 Å². The molecule has 5 heteroatoms. The van der Waals surface area contributed by atoms with E-state index in [1.165, 1.54) is 0 Å². The van der Waals surface area contributed by atoms with E-state index < -0.39 is 6.10 Å². The van der Waals surface area contributed by atoms with Gasteiger partial charge in [-0.2, -0.15) is 0 Å². The van der Waals surface area contributed by atoms with E-state index in [-0.39, 0.29) is 18.8 Å². The van der Waals surface area contributed by atoms with E-state index in [9.17, 15) is 9.90 Å². The Labute approximate surface area is 163 Å². The van der Waals surface area contributed by atoms with Crippen LogP contribution in [0.4, 0.5) is 0 Å². The summed E-state index contributed by atoms with van der Waals surface area (Å²) in [6, 6.07) is 21.5. The summed E-state index contributed by atoms with van der Waals surface area (Å²) in [7, 11) is 0. The average molecular weight is 376 g/mol. The van der Waals surface area contributed by atoms with Gasteiger partial charge in [0.15, 0.2) is 0 Å². The van der Waals surface area contributed by atoms with Crippen LogP contribution in [0.15, 0.2) is 71.5 Å². The Hall–Kier alpha value is -3.05. The molecule has 0 bridgehead atoms. The van der Waals surface area contributed by atoms with Crippen LogP contribution in [0.25, 0.3) is 21.8 Å². The molecule has 0 saturated heterocycles. The van der Waals surface area contributed by atoms with Gasteiger partial charge in [-0.05, 0) is 30.0 Å². The van der Waals surface area contributed by atoms with Crippen molar-refractivity contribution in [3.63, 3.8) is 0 Å². The van der Waals surface area contributed by atoms with E-state index in [1.54, 1.807) is 9.13 Å². The maximum Gasteiger partial charge on any atom is 0.329 e. The molecular weight excluding hydrogens is 352 g/mol. The van der Waals surface area contributed by atoms with Crippen LogP contribution in [0.5, 0.6) is 5.75 Å². The van der Waals surface area contributed by atoms with Gasteiger partial charge >= 0.3 is 5.69 Å². The molecule has 0 fully saturated rings. The normalized spacial score (nSPS) is 12.5. The third-order valence-corrected chi connectivity index (χ3v) is 4.95. The fourth-order valence-corrected chi connectivity index (χ4v) is 3.66. The Kier molecular flexibility index (Phi) is 5.17. The number of para-hydroxylation sites is 2. The fraction of sp³-hybridized carbons (Fsp3) is 0.261. The van der Waals surface area contributed by atoms with Crippen LogP contribution in [0.2, 0.25) is 0 Å². The predicted molar refractivity (Wildman–Crippen MR) is 112 cm³/mol. The molecule has 1 aromatic heterocycles. The second kappa shape index (κ2) is 7.90. The molecule has 5 nitrogen and oxygen atoms in total. The number of aliphatic hydroxyl groups is 1. The van der Waals surface area contributed by atoms with E-state index in [1.807, 2.05) is 73.7 Å². The van der Waals surface area contributed by atoms with Gasteiger partial charge in [0.05, 0.1) is 17.6 Å². The number of aryl methyl sites for hydroxylation is 1. The van der Waals surface area contributed by atoms with E-state index in [0.717, 1.165) is 34.0 Å². The molecule has 144 valence electrons. The number of fused-ring (bicyclic) bond motifs is 2. The monoisotopic (exact) mass is 376 g/mol. The fourth-order valence-electron chi connectivity index (χ4n) is 3.66. The van der Waals surface area contributed by atoms with Crippen molar-refractivity contribution in [2.45, 2.75) is 32.5 Å². The molecule has 1 N–H and O–H groups in total. The molecule has 4 rings (SSSR count). The number of rotatable bonds is 7. The van der Waals surface area contributed by atoms with Gasteiger partial charge in [0.25, 0.3) is 0 Å². The number of aliphatic hydroxyl groups excluding tert-OH is 1. The lowest BCUT2D eigenvalue weighted by molar-refractivity contribution is 0.0932. The highest BCUT2D eigenvalue weighted by Gasteiger charge is 2.16. The molecular formula is C23H24N2O3. The van der Waals surface area contributed by atoms with Crippen molar-refractivity contribution in [2.24, 2.45) is 0 Å². The van der Waals surface area contributed by atoms with Crippen LogP contribution < -0.4 is 10.4 Å². The summed E-state index contributed by atoms with van der Waals surface area (Å²) in [5.74, 6) is 0.734. The Morgan fingerprint density at radius 2 is 1.61 bits per heavy atom. The largest absolute Gasteiger partial charge is 0.490 e. The Morgan fingerprint density at radius 1 is 0.929 bits per heavy atom. The maximum absolute atomic E-state index is 12.8. The molecule has 3 aromatic carbocycles. The molecule has 1 heterocycles. The van der Waals surface area contributed by atoms with Crippen molar-refractivity contribution < 1.29 is 9.84 Å². The van der Waals surface area contributed by atoms with Crippen LogP contribution in [0.3, 0.4) is 0 Å². The number of hydrogen-bond acceptors (Lipinski definition) is 3. The molecule has 0 radical (unpaired) electrons. The summed E-state index contributed by atoms with van der Waals surface area (Å²) in [6.45, 7) is 3.02. The standard InChI is InChI=1S/C23H24N2O3/c1-2-14-24-20-11-5-6-12-21(20)25(23(24)27)15-18(26)16-28-22-13-7-9-17-8-3-4-10-19(17)22/h3-13,18,26H,2,14-16H2,1H3/t18-/m0/s1. The number of imidazole rings is 1. The van der Waals surface area contributed by atoms with Crippen molar-refractivity contribution in [3.8, 4) is 5.75 Å². The first-order valence-corrected chi connectivity index (χ1v) is 9.65. The van der Waals surface area contributed by atoms with Crippen molar-refractivity contribution in [1.82, 2.24) is 9.13 Å². The number of nitrogens with zero attached hydrogens (tertiary/aromatic N) is 2. The molecule has 1 atom stereocenters. The first-order valence-electron chi connectivity index (χ1n) is 9.65. The lowest BCUT2D eigenvalue weighted by Crippen LogP contribution is -2.31. The summed E-state index contributed by atoms with van der Waals surface area (Å²) in [5, 5.41) is 12.7. The number of aromatic nitrogens is 2. The third-order valence-electron chi connectivity index (χ3n) is 4.95. The van der Waals surface area contributed by atoms with E-state index in [2.05, 4.69) is 0 Å². The molecule has 0 aliphatic heterocycles. The van der Waals surface area contributed by atoms with Gasteiger partial charge in [-0.3, -0.25) is 9.13 Å². The zero-order valence-electron chi connectivity index (χ0n) is 15.9. The highest BCUT2D eigenvalue weighted by atomic mass is 16.5. The number of ether oxygens (including phenoxy) is 1. The molecule has 0 amide bonds. The SMILES string of the molecule is CCCn1c(=O)n(C[C@H](O)COc2cccc3ccccc23)c2ccccc21. The zero-order valence-corrected chi connectivity index (χ0v) is 15.9. The average Bonchev–Trinajstić information content (AvgIpc) is 2.98. The minimum atomic E-state index is -0.794. The van der Waals surface area contributed by atoms with Gasteiger partial charge in [-0.1, -0.05) is 55.5 Å². The zero-order chi connectivity index (χ0) is 19.5. The minimum absolute atomic E-state index is 0.0905. The lowest BCUT2D eigenvalue weighted by atomic mass is 10.1. The van der Waals surface area contributed by atoms with Crippen LogP contribution in [0.1, 0.15) is 13.3 Å². The molecule has 0 unspecified atom stereocenters. The topological polar surface area (TPSA) is 56.4 Å². The Bertz CT molecular complexity index is 1150. The number of benzene rings is 3. The molecule has 4 aromatic rings. The van der Waals surface area contributed by atoms with Gasteiger partial charge in [0, 0.05) is 11.9 Å². The van der Waals surface area contributed by atoms with E-state index in [4.69, 9.17) is 4.74 Å². The van der Waals surface area contributed by atoms with Crippen LogP contribution in [0, 0.1) is 0 Å². The number of hydrogen-bond donors (Lipinski definition) is 1. The first-order chi connectivity index (χ1) is 13.7. The second-order valence-electron chi connectivity index (χ2n) is 6.98. The molecule has 0 aliphatic carbocycles. The summed E-state index contributed by atoms with van der Waals surface area (Å²) < 4.78 is 9.30. The van der Waals surface area contributed by atoms with Crippen molar-refractivity contribution >= 4 is 21.8 Å². The van der Waals surface area contributed by atoms with E-state index in [0.29, 0.717) is 6.54 Å². The minimum Gasteiger partial charge on any atom is -0.490 e. The van der Waals surface area contributed by atoms with Crippen molar-refractivity contribution in [1.29, 1.82) is 0 Å². The van der Waals surface area contributed by atoms with Gasteiger partial charge in [-0.25, -0.2) is 4.79 Å². The Morgan fingerprint density at radius 3 is 2.39 bits per heavy atom. The third kappa shape index (κ3) is 3.41. The molecule has 28 heavy (non-hydrogen) atoms. The summed E-state index contributed by atoms with van der Waals surface area (Å²) in [6.07, 6.45) is 0.0817. The highest BCUT2D eigenvalue weighted by molar-refractivity contribution is 5.88. The quantitative estimate of drug-likeness (QED) is 0.534. The summed E-state index contributed by atoms with van der Waals surface area (Å²) in [5.41, 5.74) is 1.65. The van der Waals surface area contributed by atoms with Gasteiger partial charge in [0.2, 0.25) is 0 Å². The van der Waals surface area contributed by atoms with Crippen molar-refractivity contribution in [2.75, 3.05) is 6.61 Å². The second-order valence-corrected chi connectivity index (χ2v) is 6.98. The summed E-state index contributed by atoms with van der Waals surface area (Å²) in [4.78, 5) is 12.8. The molecule has 0 aliphatic rings. The Balaban J connectivity index is 1.55. The van der Waals surface area contributed by atoms with Crippen molar-refractivity contribution in [3.05, 3.63) is 77.2 Å². The predicted octanol–water partition coefficient (Wildman–Crippen LogP) is 3.81. The smallest absolute Gasteiger partial charge is 0.329 e. The molecule has 0 spiro atoms. The van der Waals surface area contributed by atoms with Gasteiger partial charge < -0.3 is 9.84 Å². The van der Waals surface area contributed by atoms with Crippen LogP contribution >= 0.6 is 0 Å².